The minimum atomic E-state index is 0.00984. The van der Waals surface area contributed by atoms with Gasteiger partial charge in [-0.3, -0.25) is 0 Å². The van der Waals surface area contributed by atoms with Crippen LogP contribution in [0.25, 0.3) is 0 Å². The van der Waals surface area contributed by atoms with Crippen LogP contribution >= 0.6 is 15.9 Å². The van der Waals surface area contributed by atoms with E-state index < -0.39 is 0 Å². The Morgan fingerprint density at radius 3 is 2.72 bits per heavy atom. The average Bonchev–Trinajstić information content (AvgIpc) is 2.34. The Kier molecular flexibility index (Phi) is 6.17. The molecule has 0 aliphatic heterocycles. The van der Waals surface area contributed by atoms with E-state index >= 15 is 0 Å². The second-order valence-corrected chi connectivity index (χ2v) is 5.59. The van der Waals surface area contributed by atoms with Crippen molar-refractivity contribution >= 4 is 21.6 Å². The second-order valence-electron chi connectivity index (χ2n) is 4.68. The van der Waals surface area contributed by atoms with Crippen LogP contribution in [0.5, 0.6) is 0 Å². The monoisotopic (exact) mass is 310 g/mol. The smallest absolute Gasteiger partial charge is 0.0702 e. The summed E-state index contributed by atoms with van der Waals surface area (Å²) in [6, 6.07) is 8.06. The van der Waals surface area contributed by atoms with Crippen LogP contribution in [0.3, 0.4) is 0 Å². The summed E-state index contributed by atoms with van der Waals surface area (Å²) in [5.41, 5.74) is 1.91. The first-order valence-electron chi connectivity index (χ1n) is 6.09. The van der Waals surface area contributed by atoms with E-state index in [0.29, 0.717) is 18.9 Å². The van der Waals surface area contributed by atoms with Crippen molar-refractivity contribution in [1.29, 1.82) is 5.26 Å². The van der Waals surface area contributed by atoms with Gasteiger partial charge in [0.15, 0.2) is 0 Å². The first-order chi connectivity index (χ1) is 8.58. The molecule has 0 spiro atoms. The van der Waals surface area contributed by atoms with Crippen molar-refractivity contribution in [2.45, 2.75) is 26.9 Å². The van der Waals surface area contributed by atoms with Gasteiger partial charge in [-0.2, -0.15) is 5.26 Å². The molecule has 1 aromatic rings. The van der Waals surface area contributed by atoms with Crippen LogP contribution in [-0.4, -0.2) is 18.2 Å². The van der Waals surface area contributed by atoms with E-state index in [-0.39, 0.29) is 6.61 Å². The van der Waals surface area contributed by atoms with Gasteiger partial charge in [-0.05, 0) is 24.1 Å². The molecule has 0 aromatic heterocycles. The summed E-state index contributed by atoms with van der Waals surface area (Å²) in [6.45, 7) is 5.89. The quantitative estimate of drug-likeness (QED) is 0.876. The molecule has 0 fully saturated rings. The summed E-state index contributed by atoms with van der Waals surface area (Å²) < 4.78 is 0.958. The number of halogens is 1. The zero-order chi connectivity index (χ0) is 13.5. The molecule has 4 heteroatoms. The van der Waals surface area contributed by atoms with Crippen LogP contribution in [0.15, 0.2) is 22.7 Å². The van der Waals surface area contributed by atoms with Crippen LogP contribution in [0.4, 0.5) is 5.69 Å². The molecule has 0 atom stereocenters. The Bertz CT molecular complexity index is 426. The normalized spacial score (nSPS) is 10.4. The summed E-state index contributed by atoms with van der Waals surface area (Å²) >= 11 is 3.41. The topological polar surface area (TPSA) is 47.3 Å². The van der Waals surface area contributed by atoms with Crippen molar-refractivity contribution in [3.05, 3.63) is 28.2 Å². The third-order valence-electron chi connectivity index (χ3n) is 2.63. The van der Waals surface area contributed by atoms with Gasteiger partial charge in [0.2, 0.25) is 0 Å². The minimum Gasteiger partial charge on any atom is -0.392 e. The Hall–Kier alpha value is -1.05. The average molecular weight is 311 g/mol. The molecule has 0 saturated heterocycles. The molecular formula is C14H19BrN2O. The lowest BCUT2D eigenvalue weighted by Gasteiger charge is -2.28. The lowest BCUT2D eigenvalue weighted by molar-refractivity contribution is 0.282. The summed E-state index contributed by atoms with van der Waals surface area (Å²) in [6.07, 6.45) is 0.494. The molecular weight excluding hydrogens is 292 g/mol. The van der Waals surface area contributed by atoms with Gasteiger partial charge in [-0.15, -0.1) is 0 Å². The van der Waals surface area contributed by atoms with Crippen molar-refractivity contribution in [2.75, 3.05) is 18.0 Å². The number of benzene rings is 1. The van der Waals surface area contributed by atoms with E-state index in [1.165, 1.54) is 0 Å². The van der Waals surface area contributed by atoms with E-state index in [4.69, 9.17) is 5.26 Å². The largest absolute Gasteiger partial charge is 0.392 e. The van der Waals surface area contributed by atoms with Gasteiger partial charge < -0.3 is 10.0 Å². The molecule has 3 nitrogen and oxygen atoms in total. The number of rotatable bonds is 6. The highest BCUT2D eigenvalue weighted by molar-refractivity contribution is 9.10. The lowest BCUT2D eigenvalue weighted by atomic mass is 10.1. The van der Waals surface area contributed by atoms with Crippen molar-refractivity contribution in [2.24, 2.45) is 5.92 Å². The Labute approximate surface area is 117 Å². The van der Waals surface area contributed by atoms with Gasteiger partial charge in [0, 0.05) is 28.8 Å². The van der Waals surface area contributed by atoms with E-state index in [1.807, 2.05) is 18.2 Å². The van der Waals surface area contributed by atoms with Gasteiger partial charge in [-0.25, -0.2) is 0 Å². The summed E-state index contributed by atoms with van der Waals surface area (Å²) in [4.78, 5) is 2.17. The Morgan fingerprint density at radius 2 is 2.17 bits per heavy atom. The van der Waals surface area contributed by atoms with Crippen molar-refractivity contribution in [3.8, 4) is 6.07 Å². The first-order valence-corrected chi connectivity index (χ1v) is 6.89. The van der Waals surface area contributed by atoms with Crippen LogP contribution < -0.4 is 4.90 Å². The zero-order valence-corrected chi connectivity index (χ0v) is 12.4. The van der Waals surface area contributed by atoms with Crippen LogP contribution in [0, 0.1) is 17.2 Å². The molecule has 1 rings (SSSR count). The number of hydrogen-bond donors (Lipinski definition) is 1. The molecule has 0 bridgehead atoms. The van der Waals surface area contributed by atoms with Gasteiger partial charge in [0.05, 0.1) is 19.1 Å². The standard InChI is InChI=1S/C14H19BrN2O/c1-11(2)9-17(7-3-6-16)14-5-4-13(15)8-12(14)10-18/h4-5,8,11,18H,3,7,9-10H2,1-2H3. The predicted molar refractivity (Wildman–Crippen MR) is 77.3 cm³/mol. The van der Waals surface area contributed by atoms with Gasteiger partial charge >= 0.3 is 0 Å². The maximum Gasteiger partial charge on any atom is 0.0702 e. The lowest BCUT2D eigenvalue weighted by Crippen LogP contribution is -2.29. The molecule has 0 unspecified atom stereocenters. The fraction of sp³-hybridized carbons (Fsp3) is 0.500. The molecule has 0 aliphatic carbocycles. The van der Waals surface area contributed by atoms with Crippen molar-refractivity contribution < 1.29 is 5.11 Å². The highest BCUT2D eigenvalue weighted by Gasteiger charge is 2.12. The highest BCUT2D eigenvalue weighted by atomic mass is 79.9. The maximum atomic E-state index is 9.44. The number of aliphatic hydroxyl groups is 1. The fourth-order valence-electron chi connectivity index (χ4n) is 1.93. The Morgan fingerprint density at radius 1 is 1.44 bits per heavy atom. The molecule has 98 valence electrons. The second kappa shape index (κ2) is 7.40. The van der Waals surface area contributed by atoms with Crippen molar-refractivity contribution in [1.82, 2.24) is 0 Å². The SMILES string of the molecule is CC(C)CN(CCC#N)c1ccc(Br)cc1CO. The van der Waals surface area contributed by atoms with Crippen LogP contribution in [0.1, 0.15) is 25.8 Å². The fourth-order valence-corrected chi connectivity index (χ4v) is 2.33. The number of hydrogen-bond acceptors (Lipinski definition) is 3. The molecule has 0 saturated carbocycles. The molecule has 1 aromatic carbocycles. The number of anilines is 1. The zero-order valence-electron chi connectivity index (χ0n) is 10.9. The third kappa shape index (κ3) is 4.32. The summed E-state index contributed by atoms with van der Waals surface area (Å²) in [7, 11) is 0. The molecule has 0 radical (unpaired) electrons. The maximum absolute atomic E-state index is 9.44. The molecule has 0 heterocycles. The third-order valence-corrected chi connectivity index (χ3v) is 3.12. The molecule has 18 heavy (non-hydrogen) atoms. The predicted octanol–water partition coefficient (Wildman–Crippen LogP) is 3.32. The molecule has 0 amide bonds. The summed E-state index contributed by atoms with van der Waals surface area (Å²) in [5, 5.41) is 18.2. The van der Waals surface area contributed by atoms with Crippen LogP contribution in [-0.2, 0) is 6.61 Å². The van der Waals surface area contributed by atoms with E-state index in [2.05, 4.69) is 40.7 Å². The van der Waals surface area contributed by atoms with E-state index in [0.717, 1.165) is 22.3 Å². The highest BCUT2D eigenvalue weighted by Crippen LogP contribution is 2.25. The van der Waals surface area contributed by atoms with Gasteiger partial charge in [0.1, 0.15) is 0 Å². The molecule has 1 N–H and O–H groups in total. The van der Waals surface area contributed by atoms with E-state index in [1.54, 1.807) is 0 Å². The Balaban J connectivity index is 2.99. The summed E-state index contributed by atoms with van der Waals surface area (Å²) in [5.74, 6) is 0.513. The number of nitrogens with zero attached hydrogens (tertiary/aromatic N) is 2. The van der Waals surface area contributed by atoms with Crippen LogP contribution in [0.2, 0.25) is 0 Å². The van der Waals surface area contributed by atoms with Gasteiger partial charge in [-0.1, -0.05) is 29.8 Å². The molecule has 0 aliphatic rings. The van der Waals surface area contributed by atoms with Gasteiger partial charge in [0.25, 0.3) is 0 Å². The minimum absolute atomic E-state index is 0.00984. The number of aliphatic hydroxyl groups excluding tert-OH is 1. The first kappa shape index (κ1) is 15.0. The van der Waals surface area contributed by atoms with E-state index in [9.17, 15) is 5.11 Å². The number of nitriles is 1. The van der Waals surface area contributed by atoms with Crippen molar-refractivity contribution in [3.63, 3.8) is 0 Å².